The van der Waals surface area contributed by atoms with Crippen LogP contribution in [0.25, 0.3) is 0 Å². The van der Waals surface area contributed by atoms with E-state index in [0.717, 1.165) is 19.6 Å². The number of amides is 1. The molecule has 0 aromatic heterocycles. The maximum Gasteiger partial charge on any atom is 0.234 e. The average Bonchev–Trinajstić information content (AvgIpc) is 1.95. The van der Waals surface area contributed by atoms with Crippen LogP contribution in [0.4, 0.5) is 0 Å². The SMILES string of the molecule is CN1CC(CNC(=O)CCl)C1. The summed E-state index contributed by atoms with van der Waals surface area (Å²) in [4.78, 5) is 12.9. The Bertz CT molecular complexity index is 145. The van der Waals surface area contributed by atoms with Gasteiger partial charge in [0.15, 0.2) is 0 Å². The zero-order valence-electron chi connectivity index (χ0n) is 6.64. The molecule has 1 aliphatic rings. The minimum Gasteiger partial charge on any atom is -0.355 e. The number of hydrogen-bond donors (Lipinski definition) is 1. The Kier molecular flexibility index (Phi) is 3.15. The molecule has 1 fully saturated rings. The standard InChI is InChI=1S/C7H13ClN2O/c1-10-4-6(5-10)3-9-7(11)2-8/h6H,2-5H2,1H3,(H,9,11). The lowest BCUT2D eigenvalue weighted by atomic mass is 10.0. The Morgan fingerprint density at radius 1 is 1.73 bits per heavy atom. The van der Waals surface area contributed by atoms with Gasteiger partial charge in [-0.05, 0) is 7.05 Å². The van der Waals surface area contributed by atoms with Crippen molar-refractivity contribution in [1.82, 2.24) is 10.2 Å². The zero-order valence-corrected chi connectivity index (χ0v) is 7.40. The maximum atomic E-state index is 10.7. The van der Waals surface area contributed by atoms with Crippen LogP contribution in [0.1, 0.15) is 0 Å². The second-order valence-corrected chi connectivity index (χ2v) is 3.29. The van der Waals surface area contributed by atoms with Gasteiger partial charge in [0.2, 0.25) is 5.91 Å². The molecule has 0 aliphatic carbocycles. The monoisotopic (exact) mass is 176 g/mol. The normalized spacial score (nSPS) is 19.5. The van der Waals surface area contributed by atoms with E-state index in [-0.39, 0.29) is 11.8 Å². The maximum absolute atomic E-state index is 10.7. The van der Waals surface area contributed by atoms with E-state index in [2.05, 4.69) is 17.3 Å². The molecule has 0 spiro atoms. The van der Waals surface area contributed by atoms with E-state index in [9.17, 15) is 4.79 Å². The lowest BCUT2D eigenvalue weighted by molar-refractivity contribution is -0.119. The van der Waals surface area contributed by atoms with Gasteiger partial charge in [-0.3, -0.25) is 4.79 Å². The molecule has 1 aliphatic heterocycles. The van der Waals surface area contributed by atoms with Gasteiger partial charge < -0.3 is 10.2 Å². The Labute approximate surface area is 71.7 Å². The van der Waals surface area contributed by atoms with E-state index in [1.165, 1.54) is 0 Å². The summed E-state index contributed by atoms with van der Waals surface area (Å²) >= 11 is 5.30. The van der Waals surface area contributed by atoms with E-state index in [1.54, 1.807) is 0 Å². The number of carbonyl (C=O) groups excluding carboxylic acids is 1. The summed E-state index contributed by atoms with van der Waals surface area (Å²) in [5.41, 5.74) is 0. The number of hydrogen-bond acceptors (Lipinski definition) is 2. The molecule has 0 bridgehead atoms. The largest absolute Gasteiger partial charge is 0.355 e. The minimum atomic E-state index is -0.0683. The quantitative estimate of drug-likeness (QED) is 0.610. The van der Waals surface area contributed by atoms with Crippen LogP contribution in [0.5, 0.6) is 0 Å². The highest BCUT2D eigenvalue weighted by molar-refractivity contribution is 6.27. The second-order valence-electron chi connectivity index (χ2n) is 3.02. The molecule has 1 amide bonds. The van der Waals surface area contributed by atoms with Crippen molar-refractivity contribution in [2.24, 2.45) is 5.92 Å². The van der Waals surface area contributed by atoms with E-state index >= 15 is 0 Å². The smallest absolute Gasteiger partial charge is 0.234 e. The number of alkyl halides is 1. The number of halogens is 1. The highest BCUT2D eigenvalue weighted by Gasteiger charge is 2.22. The molecule has 0 unspecified atom stereocenters. The van der Waals surface area contributed by atoms with Crippen LogP contribution in [-0.2, 0) is 4.79 Å². The Balaban J connectivity index is 2.00. The van der Waals surface area contributed by atoms with Crippen LogP contribution in [0.15, 0.2) is 0 Å². The van der Waals surface area contributed by atoms with E-state index in [0.29, 0.717) is 5.92 Å². The van der Waals surface area contributed by atoms with Crippen molar-refractivity contribution in [3.63, 3.8) is 0 Å². The minimum absolute atomic E-state index is 0.0683. The highest BCUT2D eigenvalue weighted by atomic mass is 35.5. The molecule has 0 radical (unpaired) electrons. The van der Waals surface area contributed by atoms with Crippen molar-refractivity contribution in [3.05, 3.63) is 0 Å². The Morgan fingerprint density at radius 3 is 2.82 bits per heavy atom. The molecule has 0 aromatic rings. The molecule has 3 nitrogen and oxygen atoms in total. The number of rotatable bonds is 3. The fraction of sp³-hybridized carbons (Fsp3) is 0.857. The molecule has 1 saturated heterocycles. The molecular formula is C7H13ClN2O. The van der Waals surface area contributed by atoms with Crippen molar-refractivity contribution in [3.8, 4) is 0 Å². The van der Waals surface area contributed by atoms with Crippen LogP contribution in [0.3, 0.4) is 0 Å². The van der Waals surface area contributed by atoms with Crippen molar-refractivity contribution in [2.75, 3.05) is 32.6 Å². The van der Waals surface area contributed by atoms with Crippen LogP contribution >= 0.6 is 11.6 Å². The van der Waals surface area contributed by atoms with Gasteiger partial charge in [-0.2, -0.15) is 0 Å². The van der Waals surface area contributed by atoms with Crippen molar-refractivity contribution < 1.29 is 4.79 Å². The molecule has 1 N–H and O–H groups in total. The van der Waals surface area contributed by atoms with Crippen LogP contribution in [-0.4, -0.2) is 43.4 Å². The van der Waals surface area contributed by atoms with Gasteiger partial charge in [-0.15, -0.1) is 11.6 Å². The second kappa shape index (κ2) is 3.93. The van der Waals surface area contributed by atoms with Gasteiger partial charge in [-0.1, -0.05) is 0 Å². The number of likely N-dealkylation sites (tertiary alicyclic amines) is 1. The molecule has 0 saturated carbocycles. The van der Waals surface area contributed by atoms with Crippen molar-refractivity contribution in [2.45, 2.75) is 0 Å². The lowest BCUT2D eigenvalue weighted by Gasteiger charge is -2.36. The third kappa shape index (κ3) is 2.67. The highest BCUT2D eigenvalue weighted by Crippen LogP contribution is 2.10. The van der Waals surface area contributed by atoms with Gasteiger partial charge in [0.25, 0.3) is 0 Å². The summed E-state index contributed by atoms with van der Waals surface area (Å²) < 4.78 is 0. The summed E-state index contributed by atoms with van der Waals surface area (Å²) in [5, 5.41) is 2.76. The van der Waals surface area contributed by atoms with E-state index < -0.39 is 0 Å². The first-order valence-electron chi connectivity index (χ1n) is 3.73. The van der Waals surface area contributed by atoms with Crippen molar-refractivity contribution >= 4 is 17.5 Å². The Hall–Kier alpha value is -0.280. The first-order valence-corrected chi connectivity index (χ1v) is 4.27. The number of nitrogens with zero attached hydrogens (tertiary/aromatic N) is 1. The van der Waals surface area contributed by atoms with Gasteiger partial charge in [-0.25, -0.2) is 0 Å². The fourth-order valence-corrected chi connectivity index (χ4v) is 1.36. The average molecular weight is 177 g/mol. The zero-order chi connectivity index (χ0) is 8.27. The topological polar surface area (TPSA) is 32.3 Å². The fourth-order valence-electron chi connectivity index (χ4n) is 1.26. The molecule has 1 heterocycles. The van der Waals surface area contributed by atoms with Gasteiger partial charge in [0.1, 0.15) is 5.88 Å². The van der Waals surface area contributed by atoms with E-state index in [1.807, 2.05) is 0 Å². The molecule has 0 atom stereocenters. The van der Waals surface area contributed by atoms with Gasteiger partial charge >= 0.3 is 0 Å². The molecular weight excluding hydrogens is 164 g/mol. The van der Waals surface area contributed by atoms with Gasteiger partial charge in [0, 0.05) is 25.6 Å². The van der Waals surface area contributed by atoms with Crippen molar-refractivity contribution in [1.29, 1.82) is 0 Å². The van der Waals surface area contributed by atoms with Crippen LogP contribution in [0.2, 0.25) is 0 Å². The third-order valence-corrected chi connectivity index (χ3v) is 2.09. The van der Waals surface area contributed by atoms with E-state index in [4.69, 9.17) is 11.6 Å². The summed E-state index contributed by atoms with van der Waals surface area (Å²) in [5.74, 6) is 0.635. The predicted molar refractivity (Wildman–Crippen MR) is 44.7 cm³/mol. The molecule has 1 rings (SSSR count). The lowest BCUT2D eigenvalue weighted by Crippen LogP contribution is -2.49. The van der Waals surface area contributed by atoms with Crippen LogP contribution in [0, 0.1) is 5.92 Å². The summed E-state index contributed by atoms with van der Waals surface area (Å²) in [6.07, 6.45) is 0. The first-order chi connectivity index (χ1) is 5.22. The molecule has 64 valence electrons. The number of nitrogens with one attached hydrogen (secondary N) is 1. The number of carbonyl (C=O) groups is 1. The van der Waals surface area contributed by atoms with Gasteiger partial charge in [0.05, 0.1) is 0 Å². The molecule has 11 heavy (non-hydrogen) atoms. The summed E-state index contributed by atoms with van der Waals surface area (Å²) in [6, 6.07) is 0. The molecule has 4 heteroatoms. The van der Waals surface area contributed by atoms with Crippen LogP contribution < -0.4 is 5.32 Å². The third-order valence-electron chi connectivity index (χ3n) is 1.85. The summed E-state index contributed by atoms with van der Waals surface area (Å²) in [6.45, 7) is 2.95. The Morgan fingerprint density at radius 2 is 2.36 bits per heavy atom. The molecule has 0 aromatic carbocycles. The predicted octanol–water partition coefficient (Wildman–Crippen LogP) is -0.0970. The summed E-state index contributed by atoms with van der Waals surface area (Å²) in [7, 11) is 2.07. The first kappa shape index (κ1) is 8.81.